The standard InChI is InChI=1S/C19H18FN5O2/c1-12-9-17(25(23-12)14-7-5-13(20)6-8-14)22-18(26)10-24-11-21-16-4-2-3-15(16)19(24)27/h5-9,11H,2-4,10H2,1H3,(H,22,26). The SMILES string of the molecule is Cc1cc(NC(=O)Cn2cnc3c(c2=O)CCC3)n(-c2ccc(F)cc2)n1. The lowest BCUT2D eigenvalue weighted by Crippen LogP contribution is -2.30. The third kappa shape index (κ3) is 3.38. The Morgan fingerprint density at radius 1 is 1.26 bits per heavy atom. The first kappa shape index (κ1) is 17.1. The minimum absolute atomic E-state index is 0.132. The van der Waals surface area contributed by atoms with Crippen molar-refractivity contribution in [3.05, 3.63) is 69.8 Å². The van der Waals surface area contributed by atoms with Gasteiger partial charge in [-0.1, -0.05) is 0 Å². The van der Waals surface area contributed by atoms with Crippen LogP contribution in [-0.4, -0.2) is 25.2 Å². The first-order chi connectivity index (χ1) is 13.0. The lowest BCUT2D eigenvalue weighted by atomic mass is 10.2. The maximum Gasteiger partial charge on any atom is 0.257 e. The molecule has 0 radical (unpaired) electrons. The van der Waals surface area contributed by atoms with Gasteiger partial charge in [0.1, 0.15) is 18.2 Å². The molecule has 0 unspecified atom stereocenters. The topological polar surface area (TPSA) is 81.8 Å². The molecule has 0 fully saturated rings. The summed E-state index contributed by atoms with van der Waals surface area (Å²) in [7, 11) is 0. The molecule has 1 aliphatic rings. The molecule has 27 heavy (non-hydrogen) atoms. The molecule has 1 amide bonds. The first-order valence-electron chi connectivity index (χ1n) is 8.71. The summed E-state index contributed by atoms with van der Waals surface area (Å²) in [6, 6.07) is 7.52. The normalized spacial score (nSPS) is 12.8. The van der Waals surface area contributed by atoms with Crippen LogP contribution in [0, 0.1) is 12.7 Å². The predicted molar refractivity (Wildman–Crippen MR) is 97.4 cm³/mol. The van der Waals surface area contributed by atoms with Crippen molar-refractivity contribution in [2.75, 3.05) is 5.32 Å². The first-order valence-corrected chi connectivity index (χ1v) is 8.71. The molecule has 0 atom stereocenters. The fourth-order valence-corrected chi connectivity index (χ4v) is 3.28. The third-order valence-corrected chi connectivity index (χ3v) is 4.54. The zero-order valence-corrected chi connectivity index (χ0v) is 14.8. The number of halogens is 1. The molecule has 1 aromatic carbocycles. The van der Waals surface area contributed by atoms with Gasteiger partial charge in [0.05, 0.1) is 23.4 Å². The number of hydrogen-bond donors (Lipinski definition) is 1. The van der Waals surface area contributed by atoms with Gasteiger partial charge < -0.3 is 5.32 Å². The third-order valence-electron chi connectivity index (χ3n) is 4.54. The van der Waals surface area contributed by atoms with E-state index in [4.69, 9.17) is 0 Å². The van der Waals surface area contributed by atoms with E-state index in [1.54, 1.807) is 25.1 Å². The van der Waals surface area contributed by atoms with Crippen LogP contribution in [0.5, 0.6) is 0 Å². The van der Waals surface area contributed by atoms with Crippen LogP contribution in [0.1, 0.15) is 23.4 Å². The number of aryl methyl sites for hydroxylation is 2. The summed E-state index contributed by atoms with van der Waals surface area (Å²) in [4.78, 5) is 29.2. The molecule has 8 heteroatoms. The van der Waals surface area contributed by atoms with Crippen molar-refractivity contribution in [1.82, 2.24) is 19.3 Å². The molecule has 0 aliphatic heterocycles. The Morgan fingerprint density at radius 3 is 2.81 bits per heavy atom. The summed E-state index contributed by atoms with van der Waals surface area (Å²) in [5.41, 5.74) is 2.71. The molecule has 1 aliphatic carbocycles. The van der Waals surface area contributed by atoms with Gasteiger partial charge in [0, 0.05) is 11.6 Å². The highest BCUT2D eigenvalue weighted by atomic mass is 19.1. The van der Waals surface area contributed by atoms with Gasteiger partial charge in [-0.3, -0.25) is 14.2 Å². The van der Waals surface area contributed by atoms with Gasteiger partial charge in [-0.15, -0.1) is 0 Å². The van der Waals surface area contributed by atoms with E-state index in [2.05, 4.69) is 15.4 Å². The second-order valence-corrected chi connectivity index (χ2v) is 6.56. The molecule has 3 aromatic rings. The Labute approximate surface area is 154 Å². The molecule has 0 saturated heterocycles. The maximum absolute atomic E-state index is 13.2. The smallest absolute Gasteiger partial charge is 0.257 e. The van der Waals surface area contributed by atoms with Crippen LogP contribution in [-0.2, 0) is 24.2 Å². The summed E-state index contributed by atoms with van der Waals surface area (Å²) < 4.78 is 16.0. The summed E-state index contributed by atoms with van der Waals surface area (Å²) >= 11 is 0. The van der Waals surface area contributed by atoms with E-state index in [0.29, 0.717) is 29.2 Å². The maximum atomic E-state index is 13.2. The zero-order chi connectivity index (χ0) is 19.0. The summed E-state index contributed by atoms with van der Waals surface area (Å²) in [5, 5.41) is 7.10. The zero-order valence-electron chi connectivity index (χ0n) is 14.8. The molecule has 0 spiro atoms. The fraction of sp³-hybridized carbons (Fsp3) is 0.263. The molecule has 0 bridgehead atoms. The largest absolute Gasteiger partial charge is 0.309 e. The Morgan fingerprint density at radius 2 is 2.04 bits per heavy atom. The van der Waals surface area contributed by atoms with Crippen molar-refractivity contribution >= 4 is 11.7 Å². The number of nitrogens with one attached hydrogen (secondary N) is 1. The fourth-order valence-electron chi connectivity index (χ4n) is 3.28. The van der Waals surface area contributed by atoms with Crippen LogP contribution in [0.25, 0.3) is 5.69 Å². The van der Waals surface area contributed by atoms with Gasteiger partial charge in [0.2, 0.25) is 5.91 Å². The predicted octanol–water partition coefficient (Wildman–Crippen LogP) is 2.00. The van der Waals surface area contributed by atoms with Crippen LogP contribution in [0.15, 0.2) is 41.5 Å². The minimum Gasteiger partial charge on any atom is -0.309 e. The van der Waals surface area contributed by atoms with Gasteiger partial charge in [-0.25, -0.2) is 14.1 Å². The van der Waals surface area contributed by atoms with Crippen LogP contribution in [0.2, 0.25) is 0 Å². The van der Waals surface area contributed by atoms with Crippen molar-refractivity contribution in [3.63, 3.8) is 0 Å². The number of aromatic nitrogens is 4. The molecular weight excluding hydrogens is 349 g/mol. The van der Waals surface area contributed by atoms with Crippen molar-refractivity contribution in [1.29, 1.82) is 0 Å². The quantitative estimate of drug-likeness (QED) is 0.765. The Balaban J connectivity index is 1.56. The summed E-state index contributed by atoms with van der Waals surface area (Å²) in [6.07, 6.45) is 3.87. The summed E-state index contributed by atoms with van der Waals surface area (Å²) in [5.74, 6) is -0.261. The van der Waals surface area contributed by atoms with Crippen LogP contribution < -0.4 is 10.9 Å². The molecule has 1 N–H and O–H groups in total. The monoisotopic (exact) mass is 367 g/mol. The average Bonchev–Trinajstić information content (AvgIpc) is 3.25. The number of hydrogen-bond acceptors (Lipinski definition) is 4. The van der Waals surface area contributed by atoms with E-state index >= 15 is 0 Å². The van der Waals surface area contributed by atoms with Crippen molar-refractivity contribution in [3.8, 4) is 5.69 Å². The number of rotatable bonds is 4. The number of carbonyl (C=O) groups excluding carboxylic acids is 1. The van der Waals surface area contributed by atoms with E-state index in [1.165, 1.54) is 27.7 Å². The highest BCUT2D eigenvalue weighted by molar-refractivity contribution is 5.90. The average molecular weight is 367 g/mol. The van der Waals surface area contributed by atoms with Gasteiger partial charge in [-0.2, -0.15) is 5.10 Å². The minimum atomic E-state index is -0.361. The molecule has 138 valence electrons. The highest BCUT2D eigenvalue weighted by Crippen LogP contribution is 2.18. The van der Waals surface area contributed by atoms with E-state index in [-0.39, 0.29) is 23.8 Å². The number of anilines is 1. The van der Waals surface area contributed by atoms with Crippen molar-refractivity contribution < 1.29 is 9.18 Å². The molecule has 7 nitrogen and oxygen atoms in total. The van der Waals surface area contributed by atoms with Crippen LogP contribution >= 0.6 is 0 Å². The Kier molecular flexibility index (Phi) is 4.31. The lowest BCUT2D eigenvalue weighted by Gasteiger charge is -2.10. The van der Waals surface area contributed by atoms with Gasteiger partial charge in [0.15, 0.2) is 0 Å². The molecule has 2 heterocycles. The van der Waals surface area contributed by atoms with E-state index < -0.39 is 0 Å². The molecule has 0 saturated carbocycles. The lowest BCUT2D eigenvalue weighted by molar-refractivity contribution is -0.116. The second kappa shape index (κ2) is 6.79. The van der Waals surface area contributed by atoms with E-state index in [1.807, 2.05) is 0 Å². The van der Waals surface area contributed by atoms with Gasteiger partial charge in [-0.05, 0) is 50.5 Å². The second-order valence-electron chi connectivity index (χ2n) is 6.56. The Hall–Kier alpha value is -3.29. The number of carbonyl (C=O) groups is 1. The molecular formula is C19H18FN5O2. The number of fused-ring (bicyclic) bond motifs is 1. The highest BCUT2D eigenvalue weighted by Gasteiger charge is 2.18. The molecule has 4 rings (SSSR count). The van der Waals surface area contributed by atoms with Gasteiger partial charge in [0.25, 0.3) is 5.56 Å². The number of benzene rings is 1. The van der Waals surface area contributed by atoms with Crippen LogP contribution in [0.3, 0.4) is 0 Å². The Bertz CT molecular complexity index is 1070. The summed E-state index contributed by atoms with van der Waals surface area (Å²) in [6.45, 7) is 1.66. The number of nitrogens with zero attached hydrogens (tertiary/aromatic N) is 4. The van der Waals surface area contributed by atoms with Crippen molar-refractivity contribution in [2.24, 2.45) is 0 Å². The van der Waals surface area contributed by atoms with E-state index in [0.717, 1.165) is 18.5 Å². The van der Waals surface area contributed by atoms with Gasteiger partial charge >= 0.3 is 0 Å². The van der Waals surface area contributed by atoms with Crippen LogP contribution in [0.4, 0.5) is 10.2 Å². The number of amides is 1. The van der Waals surface area contributed by atoms with Crippen molar-refractivity contribution in [2.45, 2.75) is 32.7 Å². The van der Waals surface area contributed by atoms with E-state index in [9.17, 15) is 14.0 Å². The molecule has 2 aromatic heterocycles.